The first-order valence-corrected chi connectivity index (χ1v) is 12.5. The first-order chi connectivity index (χ1) is 13.8. The third kappa shape index (κ3) is 4.41. The number of sulfone groups is 1. The van der Waals surface area contributed by atoms with E-state index in [0.29, 0.717) is 12.2 Å². The summed E-state index contributed by atoms with van der Waals surface area (Å²) in [7, 11) is -3.03. The number of hydrogen-bond acceptors (Lipinski definition) is 5. The quantitative estimate of drug-likeness (QED) is 0.662. The SMILES string of the molecule is Cc1cc(NC(=O)CNC2(c3ccc(Br)cc3)CCC2)n(C2CCS(=O)(=O)C2)n1. The second-order valence-electron chi connectivity index (χ2n) is 8.02. The van der Waals surface area contributed by atoms with Gasteiger partial charge in [0, 0.05) is 16.1 Å². The Bertz CT molecular complexity index is 1010. The van der Waals surface area contributed by atoms with E-state index in [9.17, 15) is 13.2 Å². The molecule has 0 radical (unpaired) electrons. The maximum atomic E-state index is 12.6. The van der Waals surface area contributed by atoms with Crippen LogP contribution in [0.15, 0.2) is 34.8 Å². The van der Waals surface area contributed by atoms with Crippen molar-refractivity contribution in [1.82, 2.24) is 15.1 Å². The van der Waals surface area contributed by atoms with Crippen LogP contribution in [0.1, 0.15) is 43.0 Å². The van der Waals surface area contributed by atoms with Gasteiger partial charge in [0.25, 0.3) is 0 Å². The number of amides is 1. The average Bonchev–Trinajstić information content (AvgIpc) is 3.17. The van der Waals surface area contributed by atoms with Crippen LogP contribution in [0.2, 0.25) is 0 Å². The summed E-state index contributed by atoms with van der Waals surface area (Å²) in [5.74, 6) is 0.640. The van der Waals surface area contributed by atoms with Gasteiger partial charge in [-0.2, -0.15) is 5.10 Å². The first kappa shape index (κ1) is 20.6. The van der Waals surface area contributed by atoms with Crippen LogP contribution < -0.4 is 10.6 Å². The van der Waals surface area contributed by atoms with Crippen molar-refractivity contribution >= 4 is 37.5 Å². The van der Waals surface area contributed by atoms with Crippen LogP contribution in [0.5, 0.6) is 0 Å². The molecule has 1 aromatic heterocycles. The minimum atomic E-state index is -3.03. The number of nitrogens with one attached hydrogen (secondary N) is 2. The molecule has 156 valence electrons. The van der Waals surface area contributed by atoms with E-state index in [2.05, 4.69) is 43.8 Å². The van der Waals surface area contributed by atoms with E-state index in [4.69, 9.17) is 0 Å². The van der Waals surface area contributed by atoms with Gasteiger partial charge in [-0.1, -0.05) is 28.1 Å². The molecule has 4 rings (SSSR count). The molecule has 1 aliphatic carbocycles. The van der Waals surface area contributed by atoms with E-state index in [-0.39, 0.29) is 35.5 Å². The second-order valence-corrected chi connectivity index (χ2v) is 11.2. The van der Waals surface area contributed by atoms with E-state index in [1.807, 2.05) is 19.1 Å². The smallest absolute Gasteiger partial charge is 0.239 e. The highest BCUT2D eigenvalue weighted by Gasteiger charge is 2.38. The molecule has 2 aliphatic rings. The summed E-state index contributed by atoms with van der Waals surface area (Å²) in [6, 6.07) is 9.79. The number of nitrogens with zero attached hydrogens (tertiary/aromatic N) is 2. The van der Waals surface area contributed by atoms with Gasteiger partial charge in [-0.15, -0.1) is 0 Å². The van der Waals surface area contributed by atoms with E-state index < -0.39 is 9.84 Å². The number of aryl methyl sites for hydroxylation is 1. The highest BCUT2D eigenvalue weighted by atomic mass is 79.9. The standard InChI is InChI=1S/C20H25BrN4O3S/c1-14-11-18(25(24-14)17-7-10-29(27,28)13-17)23-19(26)12-22-20(8-2-9-20)15-3-5-16(21)6-4-15/h3-6,11,17,22H,2,7-10,12-13H2,1H3,(H,23,26). The molecule has 1 aliphatic heterocycles. The molecule has 7 nitrogen and oxygen atoms in total. The molecule has 2 heterocycles. The van der Waals surface area contributed by atoms with Crippen molar-refractivity contribution in [2.45, 2.75) is 44.2 Å². The fourth-order valence-electron chi connectivity index (χ4n) is 4.16. The van der Waals surface area contributed by atoms with Crippen LogP contribution in [-0.2, 0) is 20.2 Å². The summed E-state index contributed by atoms with van der Waals surface area (Å²) in [6.07, 6.45) is 3.65. The lowest BCUT2D eigenvalue weighted by molar-refractivity contribution is -0.116. The lowest BCUT2D eigenvalue weighted by Crippen LogP contribution is -2.50. The maximum absolute atomic E-state index is 12.6. The zero-order chi connectivity index (χ0) is 20.6. The van der Waals surface area contributed by atoms with Gasteiger partial charge in [-0.3, -0.25) is 10.1 Å². The van der Waals surface area contributed by atoms with E-state index >= 15 is 0 Å². The lowest BCUT2D eigenvalue weighted by Gasteiger charge is -2.43. The number of halogens is 1. The van der Waals surface area contributed by atoms with Gasteiger partial charge in [-0.05, 0) is 50.3 Å². The average molecular weight is 481 g/mol. The molecule has 2 aromatic rings. The number of benzene rings is 1. The molecule has 1 saturated heterocycles. The molecule has 0 spiro atoms. The molecular formula is C20H25BrN4O3S. The Hall–Kier alpha value is -1.71. The number of aromatic nitrogens is 2. The summed E-state index contributed by atoms with van der Waals surface area (Å²) < 4.78 is 26.3. The summed E-state index contributed by atoms with van der Waals surface area (Å²) in [5, 5.41) is 10.8. The van der Waals surface area contributed by atoms with Crippen LogP contribution in [-0.4, -0.2) is 42.2 Å². The number of anilines is 1. The van der Waals surface area contributed by atoms with Crippen LogP contribution in [0.3, 0.4) is 0 Å². The lowest BCUT2D eigenvalue weighted by atomic mass is 9.72. The molecular weight excluding hydrogens is 456 g/mol. The zero-order valence-corrected chi connectivity index (χ0v) is 18.7. The van der Waals surface area contributed by atoms with Crippen LogP contribution in [0.4, 0.5) is 5.82 Å². The molecule has 9 heteroatoms. The summed E-state index contributed by atoms with van der Waals surface area (Å²) in [6.45, 7) is 2.02. The molecule has 0 bridgehead atoms. The van der Waals surface area contributed by atoms with Gasteiger partial charge < -0.3 is 5.32 Å². The Morgan fingerprint density at radius 2 is 2.03 bits per heavy atom. The Kier molecular flexibility index (Phi) is 5.56. The fourth-order valence-corrected chi connectivity index (χ4v) is 6.12. The van der Waals surface area contributed by atoms with Crippen molar-refractivity contribution in [1.29, 1.82) is 0 Å². The number of carbonyl (C=O) groups excluding carboxylic acids is 1. The van der Waals surface area contributed by atoms with Crippen molar-refractivity contribution in [2.75, 3.05) is 23.4 Å². The highest BCUT2D eigenvalue weighted by molar-refractivity contribution is 9.10. The van der Waals surface area contributed by atoms with E-state index in [1.165, 1.54) is 5.56 Å². The normalized spacial score (nSPS) is 22.2. The predicted octanol–water partition coefficient (Wildman–Crippen LogP) is 2.92. The van der Waals surface area contributed by atoms with Crippen molar-refractivity contribution < 1.29 is 13.2 Å². The Morgan fingerprint density at radius 1 is 1.31 bits per heavy atom. The van der Waals surface area contributed by atoms with E-state index in [0.717, 1.165) is 29.4 Å². The minimum Gasteiger partial charge on any atom is -0.310 e. The van der Waals surface area contributed by atoms with Gasteiger partial charge in [0.15, 0.2) is 9.84 Å². The predicted molar refractivity (Wildman–Crippen MR) is 116 cm³/mol. The Balaban J connectivity index is 1.42. The molecule has 2 N–H and O–H groups in total. The molecule has 1 unspecified atom stereocenters. The molecule has 1 aromatic carbocycles. The fraction of sp³-hybridized carbons (Fsp3) is 0.500. The van der Waals surface area contributed by atoms with Crippen LogP contribution in [0, 0.1) is 6.92 Å². The van der Waals surface area contributed by atoms with Gasteiger partial charge in [0.1, 0.15) is 5.82 Å². The zero-order valence-electron chi connectivity index (χ0n) is 16.3. The molecule has 2 fully saturated rings. The monoisotopic (exact) mass is 480 g/mol. The Labute approximate surface area is 179 Å². The second kappa shape index (κ2) is 7.85. The summed E-state index contributed by atoms with van der Waals surface area (Å²) in [5.41, 5.74) is 1.79. The van der Waals surface area contributed by atoms with Gasteiger partial charge in [0.05, 0.1) is 29.8 Å². The topological polar surface area (TPSA) is 93.1 Å². The maximum Gasteiger partial charge on any atom is 0.239 e. The third-order valence-corrected chi connectivity index (χ3v) is 8.15. The Morgan fingerprint density at radius 3 is 2.62 bits per heavy atom. The largest absolute Gasteiger partial charge is 0.310 e. The number of hydrogen-bond donors (Lipinski definition) is 2. The third-order valence-electron chi connectivity index (χ3n) is 5.87. The van der Waals surface area contributed by atoms with Crippen LogP contribution in [0.25, 0.3) is 0 Å². The molecule has 1 amide bonds. The van der Waals surface area contributed by atoms with Gasteiger partial charge in [0.2, 0.25) is 5.91 Å². The number of rotatable bonds is 6. The summed E-state index contributed by atoms with van der Waals surface area (Å²) >= 11 is 3.46. The molecule has 29 heavy (non-hydrogen) atoms. The van der Waals surface area contributed by atoms with Crippen molar-refractivity contribution in [2.24, 2.45) is 0 Å². The molecule has 1 atom stereocenters. The van der Waals surface area contributed by atoms with Crippen molar-refractivity contribution in [3.05, 3.63) is 46.1 Å². The number of carbonyl (C=O) groups is 1. The van der Waals surface area contributed by atoms with Crippen molar-refractivity contribution in [3.8, 4) is 0 Å². The van der Waals surface area contributed by atoms with Gasteiger partial charge in [-0.25, -0.2) is 13.1 Å². The van der Waals surface area contributed by atoms with Crippen LogP contribution >= 0.6 is 15.9 Å². The van der Waals surface area contributed by atoms with E-state index in [1.54, 1.807) is 10.7 Å². The minimum absolute atomic E-state index is 0.0713. The summed E-state index contributed by atoms with van der Waals surface area (Å²) in [4.78, 5) is 12.6. The molecule has 1 saturated carbocycles. The van der Waals surface area contributed by atoms with Gasteiger partial charge >= 0.3 is 0 Å². The van der Waals surface area contributed by atoms with Crippen molar-refractivity contribution in [3.63, 3.8) is 0 Å². The highest BCUT2D eigenvalue weighted by Crippen LogP contribution is 2.41. The first-order valence-electron chi connectivity index (χ1n) is 9.84.